The molecule has 0 saturated carbocycles. The zero-order valence-corrected chi connectivity index (χ0v) is 11.8. The highest BCUT2D eigenvalue weighted by atomic mass is 127. The fourth-order valence-corrected chi connectivity index (χ4v) is 2.31. The number of nitrogens with zero attached hydrogens (tertiary/aromatic N) is 1. The molecule has 1 nitrogen and oxygen atoms in total. The minimum absolute atomic E-state index is 0.944. The molecule has 1 rings (SSSR count). The number of hydrogen-bond acceptors (Lipinski definition) is 1. The minimum atomic E-state index is -7.44. The Balaban J connectivity index is 3.91. The van der Waals surface area contributed by atoms with Crippen molar-refractivity contribution in [1.29, 1.82) is 0 Å². The Morgan fingerprint density at radius 1 is 0.652 bits per heavy atom. The van der Waals surface area contributed by atoms with Crippen molar-refractivity contribution in [2.24, 2.45) is 0 Å². The Morgan fingerprint density at radius 3 is 1.26 bits per heavy atom. The van der Waals surface area contributed by atoms with Crippen molar-refractivity contribution < 1.29 is 61.5 Å². The zero-order chi connectivity index (χ0) is 19.1. The SMILES string of the molecule is FC(F)(F)C(F)(I)N1C(F)(F)C(F)(F)C(F)(F)C1(F)C(F)(F)F. The second-order valence-corrected chi connectivity index (χ2v) is 5.61. The summed E-state index contributed by atoms with van der Waals surface area (Å²) in [6, 6.07) is -7.17. The summed E-state index contributed by atoms with van der Waals surface area (Å²) in [6.07, 6.45) is -14.3. The van der Waals surface area contributed by atoms with E-state index in [1.807, 2.05) is 0 Å². The minimum Gasteiger partial charge on any atom is -0.208 e. The standard InChI is InChI=1S/C7F14IN/c8-1(9)2(10,11)6(19,20)23(3(1,12)4(13,14)15)7(21,22)5(16,17)18. The maximum absolute atomic E-state index is 13.6. The third-order valence-electron chi connectivity index (χ3n) is 2.77. The van der Waals surface area contributed by atoms with Gasteiger partial charge in [-0.15, -0.1) is 4.90 Å². The summed E-state index contributed by atoms with van der Waals surface area (Å²) in [5.74, 6) is -22.1. The zero-order valence-electron chi connectivity index (χ0n) is 9.62. The Morgan fingerprint density at radius 2 is 1.00 bits per heavy atom. The van der Waals surface area contributed by atoms with Gasteiger partial charge in [0.2, 0.25) is 0 Å². The van der Waals surface area contributed by atoms with Crippen LogP contribution in [0.5, 0.6) is 0 Å². The lowest BCUT2D eigenvalue weighted by atomic mass is 10.1. The highest BCUT2D eigenvalue weighted by molar-refractivity contribution is 14.1. The Kier molecular flexibility index (Phi) is 4.20. The quantitative estimate of drug-likeness (QED) is 0.216. The van der Waals surface area contributed by atoms with Crippen LogP contribution in [-0.4, -0.2) is 44.7 Å². The maximum atomic E-state index is 13.6. The van der Waals surface area contributed by atoms with E-state index in [9.17, 15) is 61.5 Å². The summed E-state index contributed by atoms with van der Waals surface area (Å²) in [7, 11) is 0. The largest absolute Gasteiger partial charge is 0.446 e. The Hall–Kier alpha value is -0.290. The molecule has 0 spiro atoms. The molecule has 138 valence electrons. The van der Waals surface area contributed by atoms with Gasteiger partial charge in [0.1, 0.15) is 0 Å². The fourth-order valence-electron chi connectivity index (χ4n) is 1.67. The smallest absolute Gasteiger partial charge is 0.208 e. The van der Waals surface area contributed by atoms with Gasteiger partial charge in [0.05, 0.1) is 0 Å². The highest BCUT2D eigenvalue weighted by Gasteiger charge is 3.01. The topological polar surface area (TPSA) is 3.24 Å². The van der Waals surface area contributed by atoms with Crippen molar-refractivity contribution in [2.45, 2.75) is 39.8 Å². The van der Waals surface area contributed by atoms with Crippen molar-refractivity contribution in [2.75, 3.05) is 0 Å². The highest BCUT2D eigenvalue weighted by Crippen LogP contribution is 2.70. The first-order chi connectivity index (χ1) is 9.62. The van der Waals surface area contributed by atoms with Gasteiger partial charge in [-0.25, -0.2) is 8.78 Å². The van der Waals surface area contributed by atoms with Crippen LogP contribution in [0.3, 0.4) is 0 Å². The van der Waals surface area contributed by atoms with Crippen molar-refractivity contribution >= 4 is 22.6 Å². The summed E-state index contributed by atoms with van der Waals surface area (Å²) >= 11 is -0.944. The molecule has 1 fully saturated rings. The second kappa shape index (κ2) is 4.66. The van der Waals surface area contributed by atoms with Crippen LogP contribution in [0.15, 0.2) is 0 Å². The van der Waals surface area contributed by atoms with Gasteiger partial charge < -0.3 is 0 Å². The first-order valence-corrected chi connectivity index (χ1v) is 5.83. The van der Waals surface area contributed by atoms with Crippen molar-refractivity contribution in [3.05, 3.63) is 0 Å². The lowest BCUT2D eigenvalue weighted by Gasteiger charge is -2.41. The molecule has 1 saturated heterocycles. The van der Waals surface area contributed by atoms with Gasteiger partial charge in [0, 0.05) is 0 Å². The molecule has 0 amide bonds. The van der Waals surface area contributed by atoms with E-state index in [1.54, 1.807) is 0 Å². The molecule has 1 heterocycles. The molecule has 1 aliphatic rings. The molecule has 0 aromatic rings. The van der Waals surface area contributed by atoms with E-state index >= 15 is 0 Å². The molecule has 0 bridgehead atoms. The molecule has 0 N–H and O–H groups in total. The van der Waals surface area contributed by atoms with Crippen LogP contribution in [0.25, 0.3) is 0 Å². The summed E-state index contributed by atoms with van der Waals surface area (Å²) in [5.41, 5.74) is 0. The first kappa shape index (κ1) is 20.8. The molecule has 2 atom stereocenters. The average Bonchev–Trinajstić information content (AvgIpc) is 2.31. The van der Waals surface area contributed by atoms with Crippen molar-refractivity contribution in [1.82, 2.24) is 4.90 Å². The number of alkyl halides is 15. The number of rotatable bonds is 1. The third kappa shape index (κ3) is 2.14. The third-order valence-corrected chi connectivity index (χ3v) is 3.87. The van der Waals surface area contributed by atoms with E-state index < -0.39 is 67.3 Å². The van der Waals surface area contributed by atoms with Crippen LogP contribution in [-0.2, 0) is 0 Å². The molecular weight excluding hydrogens is 491 g/mol. The molecule has 23 heavy (non-hydrogen) atoms. The lowest BCUT2D eigenvalue weighted by molar-refractivity contribution is -0.389. The molecular formula is C7F14IN. The predicted molar refractivity (Wildman–Crippen MR) is 50.5 cm³/mol. The van der Waals surface area contributed by atoms with Gasteiger partial charge in [-0.1, -0.05) is 0 Å². The number of likely N-dealkylation sites (tertiary alicyclic amines) is 1. The predicted octanol–water partition coefficient (Wildman–Crippen LogP) is 5.01. The molecule has 0 aromatic heterocycles. The van der Waals surface area contributed by atoms with E-state index in [2.05, 4.69) is 0 Å². The monoisotopic (exact) mass is 491 g/mol. The summed E-state index contributed by atoms with van der Waals surface area (Å²) in [6.45, 7) is 0. The lowest BCUT2D eigenvalue weighted by Crippen LogP contribution is -2.69. The summed E-state index contributed by atoms with van der Waals surface area (Å²) < 4.78 is 173. The van der Waals surface area contributed by atoms with Gasteiger partial charge in [-0.05, 0) is 22.6 Å². The maximum Gasteiger partial charge on any atom is 0.446 e. The molecule has 0 aromatic carbocycles. The van der Waals surface area contributed by atoms with Gasteiger partial charge >= 0.3 is 39.8 Å². The molecule has 16 heteroatoms. The van der Waals surface area contributed by atoms with Crippen LogP contribution in [0.2, 0.25) is 0 Å². The number of hydrogen-bond donors (Lipinski definition) is 0. The summed E-state index contributed by atoms with van der Waals surface area (Å²) in [5, 5.41) is 0. The summed E-state index contributed by atoms with van der Waals surface area (Å²) in [4.78, 5) is -3.53. The van der Waals surface area contributed by atoms with E-state index in [4.69, 9.17) is 0 Å². The van der Waals surface area contributed by atoms with E-state index in [0.717, 1.165) is 0 Å². The van der Waals surface area contributed by atoms with Crippen molar-refractivity contribution in [3.8, 4) is 0 Å². The van der Waals surface area contributed by atoms with Crippen LogP contribution in [0.4, 0.5) is 61.5 Å². The molecule has 2 unspecified atom stereocenters. The van der Waals surface area contributed by atoms with E-state index in [1.165, 1.54) is 0 Å². The first-order valence-electron chi connectivity index (χ1n) is 4.76. The van der Waals surface area contributed by atoms with Gasteiger partial charge in [0.25, 0.3) is 0 Å². The van der Waals surface area contributed by atoms with E-state index in [0.29, 0.717) is 0 Å². The van der Waals surface area contributed by atoms with Gasteiger partial charge in [-0.3, -0.25) is 0 Å². The Labute approximate surface area is 129 Å². The van der Waals surface area contributed by atoms with E-state index in [-0.39, 0.29) is 0 Å². The van der Waals surface area contributed by atoms with Crippen LogP contribution in [0, 0.1) is 0 Å². The molecule has 0 aliphatic carbocycles. The Bertz CT molecular complexity index is 490. The van der Waals surface area contributed by atoms with Crippen molar-refractivity contribution in [3.63, 3.8) is 0 Å². The van der Waals surface area contributed by atoms with Gasteiger partial charge in [-0.2, -0.15) is 52.7 Å². The van der Waals surface area contributed by atoms with Crippen LogP contribution < -0.4 is 0 Å². The van der Waals surface area contributed by atoms with Crippen LogP contribution in [0.1, 0.15) is 0 Å². The second-order valence-electron chi connectivity index (χ2n) is 4.18. The average molecular weight is 491 g/mol. The molecule has 1 aliphatic heterocycles. The van der Waals surface area contributed by atoms with Crippen LogP contribution >= 0.6 is 22.6 Å². The fraction of sp³-hybridized carbons (Fsp3) is 1.00. The van der Waals surface area contributed by atoms with Gasteiger partial charge in [0.15, 0.2) is 0 Å². The molecule has 0 radical (unpaired) electrons. The number of halogens is 15. The normalized spacial score (nSPS) is 33.5.